The van der Waals surface area contributed by atoms with Gasteiger partial charge in [-0.05, 0) is 37.7 Å². The lowest BCUT2D eigenvalue weighted by atomic mass is 10.2. The molecule has 1 aliphatic heterocycles. The van der Waals surface area contributed by atoms with Crippen molar-refractivity contribution in [1.29, 1.82) is 0 Å². The van der Waals surface area contributed by atoms with Crippen LogP contribution in [0.25, 0.3) is 0 Å². The molecule has 1 amide bonds. The third-order valence-corrected chi connectivity index (χ3v) is 4.75. The van der Waals surface area contributed by atoms with Crippen LogP contribution in [0.1, 0.15) is 12.1 Å². The van der Waals surface area contributed by atoms with E-state index in [1.165, 1.54) is 5.69 Å². The summed E-state index contributed by atoms with van der Waals surface area (Å²) in [5.74, 6) is 0.0327. The van der Waals surface area contributed by atoms with Crippen molar-refractivity contribution in [2.75, 3.05) is 43.4 Å². The molecule has 2 aromatic rings. The monoisotopic (exact) mass is 330 g/mol. The summed E-state index contributed by atoms with van der Waals surface area (Å²) in [5.41, 5.74) is 4.85. The van der Waals surface area contributed by atoms with Crippen LogP contribution in [-0.2, 0) is 11.2 Å². The Hall–Kier alpha value is -1.92. The zero-order chi connectivity index (χ0) is 16.1. The van der Waals surface area contributed by atoms with E-state index in [9.17, 15) is 4.79 Å². The maximum atomic E-state index is 12.0. The van der Waals surface area contributed by atoms with Gasteiger partial charge in [-0.2, -0.15) is 0 Å². The Labute approximate surface area is 140 Å². The minimum absolute atomic E-state index is 0.0327. The summed E-state index contributed by atoms with van der Waals surface area (Å²) in [4.78, 5) is 20.9. The number of aryl methyl sites for hydroxylation is 1. The predicted molar refractivity (Wildman–Crippen MR) is 95.2 cm³/mol. The largest absolute Gasteiger partial charge is 0.369 e. The Kier molecular flexibility index (Phi) is 5.25. The van der Waals surface area contributed by atoms with Crippen LogP contribution in [0, 0.1) is 0 Å². The summed E-state index contributed by atoms with van der Waals surface area (Å²) in [6, 6.07) is 8.13. The molecular formula is C17H22N4OS. The van der Waals surface area contributed by atoms with Gasteiger partial charge in [0.05, 0.1) is 11.2 Å². The van der Waals surface area contributed by atoms with E-state index in [4.69, 9.17) is 0 Å². The molecule has 2 heterocycles. The van der Waals surface area contributed by atoms with Crippen molar-refractivity contribution in [1.82, 2.24) is 9.88 Å². The number of carbonyl (C=O) groups is 1. The van der Waals surface area contributed by atoms with E-state index in [2.05, 4.69) is 39.3 Å². The van der Waals surface area contributed by atoms with Crippen molar-refractivity contribution in [3.05, 3.63) is 40.8 Å². The van der Waals surface area contributed by atoms with Crippen LogP contribution < -0.4 is 10.2 Å². The molecule has 6 heteroatoms. The van der Waals surface area contributed by atoms with Gasteiger partial charge in [0.25, 0.3) is 0 Å². The van der Waals surface area contributed by atoms with Gasteiger partial charge < -0.3 is 15.1 Å². The number of anilines is 2. The highest BCUT2D eigenvalue weighted by molar-refractivity contribution is 7.07. The van der Waals surface area contributed by atoms with Gasteiger partial charge in [-0.25, -0.2) is 4.98 Å². The second-order valence-corrected chi connectivity index (χ2v) is 6.58. The maximum Gasteiger partial charge on any atom is 0.224 e. The van der Waals surface area contributed by atoms with Gasteiger partial charge in [-0.3, -0.25) is 4.79 Å². The highest BCUT2D eigenvalue weighted by Gasteiger charge is 2.14. The summed E-state index contributed by atoms with van der Waals surface area (Å²) in [5, 5.41) is 4.94. The van der Waals surface area contributed by atoms with Crippen LogP contribution in [0.2, 0.25) is 0 Å². The number of aromatic nitrogens is 1. The van der Waals surface area contributed by atoms with Crippen molar-refractivity contribution in [2.45, 2.75) is 12.8 Å². The van der Waals surface area contributed by atoms with Crippen LogP contribution >= 0.6 is 11.3 Å². The van der Waals surface area contributed by atoms with Gasteiger partial charge in [0, 0.05) is 49.4 Å². The zero-order valence-electron chi connectivity index (χ0n) is 13.4. The molecule has 0 radical (unpaired) electrons. The number of thiazole rings is 1. The first-order valence-corrected chi connectivity index (χ1v) is 8.85. The number of hydrogen-bond acceptors (Lipinski definition) is 5. The fraction of sp³-hybridized carbons (Fsp3) is 0.412. The Morgan fingerprint density at radius 3 is 2.61 bits per heavy atom. The molecule has 0 unspecified atom stereocenters. The van der Waals surface area contributed by atoms with Crippen LogP contribution in [-0.4, -0.2) is 49.0 Å². The Bertz CT molecular complexity index is 619. The van der Waals surface area contributed by atoms with Crippen molar-refractivity contribution < 1.29 is 4.79 Å². The quantitative estimate of drug-likeness (QED) is 0.915. The lowest BCUT2D eigenvalue weighted by Gasteiger charge is -2.34. The Morgan fingerprint density at radius 1 is 1.22 bits per heavy atom. The molecule has 122 valence electrons. The molecule has 1 saturated heterocycles. The molecule has 1 aliphatic rings. The molecule has 1 N–H and O–H groups in total. The summed E-state index contributed by atoms with van der Waals surface area (Å²) in [6.07, 6.45) is 1.15. The van der Waals surface area contributed by atoms with Gasteiger partial charge in [0.15, 0.2) is 0 Å². The fourth-order valence-electron chi connectivity index (χ4n) is 2.65. The predicted octanol–water partition coefficient (Wildman–Crippen LogP) is 2.47. The molecular weight excluding hydrogens is 308 g/mol. The summed E-state index contributed by atoms with van der Waals surface area (Å²) in [7, 11) is 2.15. The normalized spacial score (nSPS) is 15.6. The highest BCUT2D eigenvalue weighted by atomic mass is 32.1. The van der Waals surface area contributed by atoms with Crippen LogP contribution in [0.3, 0.4) is 0 Å². The number of nitrogens with zero attached hydrogens (tertiary/aromatic N) is 3. The average Bonchev–Trinajstić information content (AvgIpc) is 3.08. The minimum atomic E-state index is 0.0327. The lowest BCUT2D eigenvalue weighted by molar-refractivity contribution is -0.116. The van der Waals surface area contributed by atoms with Gasteiger partial charge in [-0.1, -0.05) is 0 Å². The maximum absolute atomic E-state index is 12.0. The molecule has 0 aliphatic carbocycles. The van der Waals surface area contributed by atoms with E-state index in [1.54, 1.807) is 16.8 Å². The first-order valence-electron chi connectivity index (χ1n) is 7.91. The van der Waals surface area contributed by atoms with Crippen LogP contribution in [0.15, 0.2) is 35.2 Å². The molecule has 0 spiro atoms. The van der Waals surface area contributed by atoms with Gasteiger partial charge in [0.2, 0.25) is 5.91 Å². The first-order chi connectivity index (χ1) is 11.2. The number of carbonyl (C=O) groups excluding carboxylic acids is 1. The van der Waals surface area contributed by atoms with Gasteiger partial charge in [0.1, 0.15) is 0 Å². The number of likely N-dealkylation sites (N-methyl/N-ethyl adjacent to an activating group) is 1. The summed E-state index contributed by atoms with van der Waals surface area (Å²) < 4.78 is 0. The lowest BCUT2D eigenvalue weighted by Crippen LogP contribution is -2.44. The smallest absolute Gasteiger partial charge is 0.224 e. The average molecular weight is 330 g/mol. The zero-order valence-corrected chi connectivity index (χ0v) is 14.2. The Morgan fingerprint density at radius 2 is 1.96 bits per heavy atom. The van der Waals surface area contributed by atoms with Gasteiger partial charge in [-0.15, -0.1) is 11.3 Å². The number of nitrogens with one attached hydrogen (secondary N) is 1. The molecule has 0 atom stereocenters. The van der Waals surface area contributed by atoms with Crippen molar-refractivity contribution in [3.63, 3.8) is 0 Å². The summed E-state index contributed by atoms with van der Waals surface area (Å²) >= 11 is 1.56. The number of rotatable bonds is 5. The first kappa shape index (κ1) is 16.0. The van der Waals surface area contributed by atoms with Crippen LogP contribution in [0.5, 0.6) is 0 Å². The molecule has 0 bridgehead atoms. The van der Waals surface area contributed by atoms with E-state index < -0.39 is 0 Å². The Balaban J connectivity index is 1.50. The van der Waals surface area contributed by atoms with E-state index in [1.807, 2.05) is 17.5 Å². The molecule has 1 aromatic carbocycles. The van der Waals surface area contributed by atoms with Gasteiger partial charge >= 0.3 is 0 Å². The van der Waals surface area contributed by atoms with Crippen molar-refractivity contribution in [3.8, 4) is 0 Å². The second-order valence-electron chi connectivity index (χ2n) is 5.87. The van der Waals surface area contributed by atoms with E-state index in [-0.39, 0.29) is 5.91 Å². The highest BCUT2D eigenvalue weighted by Crippen LogP contribution is 2.19. The number of hydrogen-bond donors (Lipinski definition) is 1. The molecule has 23 heavy (non-hydrogen) atoms. The minimum Gasteiger partial charge on any atom is -0.369 e. The van der Waals surface area contributed by atoms with Crippen molar-refractivity contribution >= 4 is 28.6 Å². The number of amides is 1. The van der Waals surface area contributed by atoms with Crippen molar-refractivity contribution in [2.24, 2.45) is 0 Å². The molecule has 1 fully saturated rings. The molecule has 3 rings (SSSR count). The standard InChI is InChI=1S/C17H22N4OS/c1-20-8-10-21(11-9-20)16-5-2-14(3-6-16)19-17(22)7-4-15-12-23-13-18-15/h2-3,5-6,12-13H,4,7-11H2,1H3,(H,19,22). The SMILES string of the molecule is CN1CCN(c2ccc(NC(=O)CCc3cscn3)cc2)CC1. The van der Waals surface area contributed by atoms with E-state index >= 15 is 0 Å². The number of benzene rings is 1. The summed E-state index contributed by atoms with van der Waals surface area (Å²) in [6.45, 7) is 4.29. The third-order valence-electron chi connectivity index (χ3n) is 4.11. The second kappa shape index (κ2) is 7.57. The molecule has 5 nitrogen and oxygen atoms in total. The third kappa shape index (κ3) is 4.53. The molecule has 1 aromatic heterocycles. The van der Waals surface area contributed by atoms with E-state index in [0.717, 1.165) is 37.6 Å². The molecule has 0 saturated carbocycles. The van der Waals surface area contributed by atoms with E-state index in [0.29, 0.717) is 12.8 Å². The fourth-order valence-corrected chi connectivity index (χ4v) is 3.24. The topological polar surface area (TPSA) is 48.5 Å². The number of piperazine rings is 1. The van der Waals surface area contributed by atoms with Crippen LogP contribution in [0.4, 0.5) is 11.4 Å².